The van der Waals surface area contributed by atoms with E-state index in [0.29, 0.717) is 11.8 Å². The smallest absolute Gasteiger partial charge is 0.338 e. The fraction of sp³-hybridized carbons (Fsp3) is 0.652. The highest BCUT2D eigenvalue weighted by atomic mass is 16.5. The van der Waals surface area contributed by atoms with Crippen LogP contribution in [-0.2, 0) is 4.74 Å². The molecule has 2 aliphatic carbocycles. The lowest BCUT2D eigenvalue weighted by Crippen LogP contribution is -2.38. The van der Waals surface area contributed by atoms with Crippen LogP contribution in [0.1, 0.15) is 72.1 Å². The maximum absolute atomic E-state index is 12.9. The number of esters is 1. The molecule has 3 rings (SSSR count). The summed E-state index contributed by atoms with van der Waals surface area (Å²) < 4.78 is 6.03. The third-order valence-corrected chi connectivity index (χ3v) is 6.82. The number of carbonyl (C=O) groups is 2. The molecular weight excluding hydrogens is 372 g/mol. The summed E-state index contributed by atoms with van der Waals surface area (Å²) in [5.41, 5.74) is 0.339. The SMILES string of the molecule is O=C(O)c1cccc(C(=O)OC(C2CCC(CO)CC2)C2CCC(CO)CC2)c1. The van der Waals surface area contributed by atoms with E-state index in [1.807, 2.05) is 0 Å². The van der Waals surface area contributed by atoms with Crippen molar-refractivity contribution < 1.29 is 29.6 Å². The maximum atomic E-state index is 12.9. The molecule has 0 aromatic heterocycles. The van der Waals surface area contributed by atoms with Crippen LogP contribution in [0.5, 0.6) is 0 Å². The summed E-state index contributed by atoms with van der Waals surface area (Å²) in [4.78, 5) is 24.1. The topological polar surface area (TPSA) is 104 Å². The average molecular weight is 405 g/mol. The Kier molecular flexibility index (Phi) is 7.67. The molecule has 0 aliphatic heterocycles. The molecule has 0 heterocycles. The van der Waals surface area contributed by atoms with Crippen LogP contribution in [0, 0.1) is 23.7 Å². The summed E-state index contributed by atoms with van der Waals surface area (Å²) in [6.07, 6.45) is 7.28. The molecule has 0 spiro atoms. The van der Waals surface area contributed by atoms with Crippen molar-refractivity contribution in [1.82, 2.24) is 0 Å². The minimum atomic E-state index is -1.07. The number of ether oxygens (including phenoxy) is 1. The van der Waals surface area contributed by atoms with Crippen LogP contribution in [0.4, 0.5) is 0 Å². The number of carboxylic acids is 1. The first-order valence-corrected chi connectivity index (χ1v) is 10.8. The largest absolute Gasteiger partial charge is 0.478 e. The van der Waals surface area contributed by atoms with Gasteiger partial charge in [0.2, 0.25) is 0 Å². The second-order valence-corrected chi connectivity index (χ2v) is 8.68. The normalized spacial score (nSPS) is 28.5. The van der Waals surface area contributed by atoms with Crippen LogP contribution in [-0.4, -0.2) is 46.6 Å². The van der Waals surface area contributed by atoms with Gasteiger partial charge >= 0.3 is 11.9 Å². The molecule has 1 aromatic carbocycles. The second-order valence-electron chi connectivity index (χ2n) is 8.68. The Balaban J connectivity index is 1.73. The van der Waals surface area contributed by atoms with Gasteiger partial charge < -0.3 is 20.1 Å². The number of rotatable bonds is 7. The highest BCUT2D eigenvalue weighted by molar-refractivity contribution is 5.94. The van der Waals surface area contributed by atoms with Crippen molar-refractivity contribution in [2.24, 2.45) is 23.7 Å². The van der Waals surface area contributed by atoms with Gasteiger partial charge in [0, 0.05) is 13.2 Å². The number of aliphatic hydroxyl groups excluding tert-OH is 2. The van der Waals surface area contributed by atoms with Crippen LogP contribution >= 0.6 is 0 Å². The molecule has 2 aliphatic rings. The first kappa shape index (κ1) is 21.8. The molecule has 0 bridgehead atoms. The first-order chi connectivity index (χ1) is 14.0. The van der Waals surface area contributed by atoms with E-state index in [1.54, 1.807) is 12.1 Å². The fourth-order valence-corrected chi connectivity index (χ4v) is 4.95. The molecule has 2 saturated carbocycles. The van der Waals surface area contributed by atoms with Crippen LogP contribution in [0.15, 0.2) is 24.3 Å². The van der Waals surface area contributed by atoms with E-state index in [-0.39, 0.29) is 42.3 Å². The number of benzene rings is 1. The number of hydrogen-bond acceptors (Lipinski definition) is 5. The zero-order valence-electron chi connectivity index (χ0n) is 16.8. The minimum absolute atomic E-state index is 0.0721. The Morgan fingerprint density at radius 1 is 0.862 bits per heavy atom. The number of aliphatic hydroxyl groups is 2. The van der Waals surface area contributed by atoms with Crippen molar-refractivity contribution in [2.45, 2.75) is 57.5 Å². The van der Waals surface area contributed by atoms with Crippen LogP contribution in [0.2, 0.25) is 0 Å². The van der Waals surface area contributed by atoms with Gasteiger partial charge in [-0.25, -0.2) is 9.59 Å². The van der Waals surface area contributed by atoms with Crippen molar-refractivity contribution in [3.63, 3.8) is 0 Å². The van der Waals surface area contributed by atoms with E-state index in [2.05, 4.69) is 0 Å². The summed E-state index contributed by atoms with van der Waals surface area (Å²) >= 11 is 0. The fourth-order valence-electron chi connectivity index (χ4n) is 4.95. The zero-order chi connectivity index (χ0) is 20.8. The lowest BCUT2D eigenvalue weighted by Gasteiger charge is -2.39. The number of carboxylic acid groups (broad SMARTS) is 1. The molecule has 0 saturated heterocycles. The molecule has 160 valence electrons. The Hall–Kier alpha value is -1.92. The first-order valence-electron chi connectivity index (χ1n) is 10.8. The summed E-state index contributed by atoms with van der Waals surface area (Å²) in [6, 6.07) is 5.99. The van der Waals surface area contributed by atoms with Gasteiger partial charge in [-0.2, -0.15) is 0 Å². The van der Waals surface area contributed by atoms with Gasteiger partial charge in [-0.1, -0.05) is 6.07 Å². The quantitative estimate of drug-likeness (QED) is 0.601. The summed E-state index contributed by atoms with van der Waals surface area (Å²) in [6.45, 7) is 0.418. The molecule has 0 radical (unpaired) electrons. The predicted octanol–water partition coefficient (Wildman–Crippen LogP) is 3.51. The van der Waals surface area contributed by atoms with Gasteiger partial charge in [0.15, 0.2) is 0 Å². The predicted molar refractivity (Wildman–Crippen MR) is 108 cm³/mol. The highest BCUT2D eigenvalue weighted by Crippen LogP contribution is 2.40. The summed E-state index contributed by atoms with van der Waals surface area (Å²) in [5.74, 6) is -0.340. The van der Waals surface area contributed by atoms with E-state index in [9.17, 15) is 24.9 Å². The lowest BCUT2D eigenvalue weighted by atomic mass is 9.71. The van der Waals surface area contributed by atoms with E-state index in [0.717, 1.165) is 51.4 Å². The van der Waals surface area contributed by atoms with Crippen LogP contribution < -0.4 is 0 Å². The van der Waals surface area contributed by atoms with Crippen molar-refractivity contribution >= 4 is 11.9 Å². The number of hydrogen-bond donors (Lipinski definition) is 3. The Labute approximate surface area is 171 Å². The minimum Gasteiger partial charge on any atom is -0.478 e. The lowest BCUT2D eigenvalue weighted by molar-refractivity contribution is -0.0327. The van der Waals surface area contributed by atoms with E-state index in [4.69, 9.17) is 4.74 Å². The van der Waals surface area contributed by atoms with Gasteiger partial charge in [-0.05, 0) is 93.2 Å². The van der Waals surface area contributed by atoms with Gasteiger partial charge in [0.1, 0.15) is 6.10 Å². The van der Waals surface area contributed by atoms with Gasteiger partial charge in [0.25, 0.3) is 0 Å². The molecule has 1 aromatic rings. The van der Waals surface area contributed by atoms with E-state index >= 15 is 0 Å². The molecule has 0 atom stereocenters. The molecule has 3 N–H and O–H groups in total. The van der Waals surface area contributed by atoms with Crippen molar-refractivity contribution in [3.05, 3.63) is 35.4 Å². The summed E-state index contributed by atoms with van der Waals surface area (Å²) in [5, 5.41) is 28.0. The zero-order valence-corrected chi connectivity index (χ0v) is 16.8. The molecule has 29 heavy (non-hydrogen) atoms. The standard InChI is InChI=1S/C23H32O6/c24-13-15-4-8-17(9-5-15)21(18-10-6-16(14-25)7-11-18)29-23(28)20-3-1-2-19(12-20)22(26)27/h1-3,12,15-18,21,24-25H,4-11,13-14H2,(H,26,27). The van der Waals surface area contributed by atoms with Crippen molar-refractivity contribution in [1.29, 1.82) is 0 Å². The number of aromatic carboxylic acids is 1. The van der Waals surface area contributed by atoms with Crippen molar-refractivity contribution in [3.8, 4) is 0 Å². The third-order valence-electron chi connectivity index (χ3n) is 6.82. The number of carbonyl (C=O) groups excluding carboxylic acids is 1. The second kappa shape index (κ2) is 10.2. The molecule has 6 nitrogen and oxygen atoms in total. The highest BCUT2D eigenvalue weighted by Gasteiger charge is 2.37. The summed E-state index contributed by atoms with van der Waals surface area (Å²) in [7, 11) is 0. The van der Waals surface area contributed by atoms with Gasteiger partial charge in [0.05, 0.1) is 11.1 Å². The molecule has 0 amide bonds. The Morgan fingerprint density at radius 3 is 1.79 bits per heavy atom. The third kappa shape index (κ3) is 5.58. The van der Waals surface area contributed by atoms with Crippen molar-refractivity contribution in [2.75, 3.05) is 13.2 Å². The molecular formula is C23H32O6. The Bertz CT molecular complexity index is 662. The van der Waals surface area contributed by atoms with Gasteiger partial charge in [-0.3, -0.25) is 0 Å². The molecule has 2 fully saturated rings. The van der Waals surface area contributed by atoms with E-state index in [1.165, 1.54) is 12.1 Å². The average Bonchev–Trinajstić information content (AvgIpc) is 2.77. The molecule has 6 heteroatoms. The van der Waals surface area contributed by atoms with E-state index < -0.39 is 11.9 Å². The van der Waals surface area contributed by atoms with Gasteiger partial charge in [-0.15, -0.1) is 0 Å². The van der Waals surface area contributed by atoms with Crippen LogP contribution in [0.25, 0.3) is 0 Å². The molecule has 0 unspecified atom stereocenters. The van der Waals surface area contributed by atoms with Crippen LogP contribution in [0.3, 0.4) is 0 Å². The monoisotopic (exact) mass is 404 g/mol. The Morgan fingerprint density at radius 2 is 1.34 bits per heavy atom. The maximum Gasteiger partial charge on any atom is 0.338 e.